The topological polar surface area (TPSA) is 173 Å². The monoisotopic (exact) mass is 723 g/mol. The molecular weight excluding hydrogens is 675 g/mol. The molecule has 2 saturated carbocycles. The number of nitrogens with one attached hydrogen (secondary N) is 3. The molecule has 13 nitrogen and oxygen atoms in total. The highest BCUT2D eigenvalue weighted by atomic mass is 32.2. The number of alkyl carbamates (subject to hydrolysis) is 1. The number of aryl methyl sites for hydroxylation is 2. The fourth-order valence-electron chi connectivity index (χ4n) is 7.23. The molecule has 0 radical (unpaired) electrons. The van der Waals surface area contributed by atoms with Gasteiger partial charge in [0.2, 0.25) is 27.7 Å². The zero-order valence-electron chi connectivity index (χ0n) is 29.8. The minimum Gasteiger partial charge on any atom is -0.472 e. The first-order chi connectivity index (χ1) is 24.2. The second-order valence-electron chi connectivity index (χ2n) is 15.4. The summed E-state index contributed by atoms with van der Waals surface area (Å²) in [6, 6.07) is 4.08. The van der Waals surface area contributed by atoms with Crippen molar-refractivity contribution in [1.29, 1.82) is 0 Å². The molecule has 14 heteroatoms. The lowest BCUT2D eigenvalue weighted by atomic mass is 9.85. The van der Waals surface area contributed by atoms with Crippen LogP contribution < -0.4 is 20.1 Å². The summed E-state index contributed by atoms with van der Waals surface area (Å²) in [5.74, 6) is -2.09. The maximum absolute atomic E-state index is 14.5. The summed E-state index contributed by atoms with van der Waals surface area (Å²) in [6.07, 6.45) is 7.00. The van der Waals surface area contributed by atoms with Gasteiger partial charge in [-0.2, -0.15) is 0 Å². The molecule has 51 heavy (non-hydrogen) atoms. The van der Waals surface area contributed by atoms with Gasteiger partial charge in [-0.15, -0.1) is 6.58 Å². The molecule has 276 valence electrons. The van der Waals surface area contributed by atoms with Gasteiger partial charge in [0.1, 0.15) is 23.7 Å². The Balaban J connectivity index is 1.35. The summed E-state index contributed by atoms with van der Waals surface area (Å²) >= 11 is 0. The van der Waals surface area contributed by atoms with Crippen molar-refractivity contribution in [1.82, 2.24) is 25.2 Å². The van der Waals surface area contributed by atoms with E-state index in [4.69, 9.17) is 9.47 Å². The number of carbonyl (C=O) groups excluding carboxylic acids is 4. The summed E-state index contributed by atoms with van der Waals surface area (Å²) in [6.45, 7) is 11.5. The molecule has 5 atom stereocenters. The largest absolute Gasteiger partial charge is 0.472 e. The van der Waals surface area contributed by atoms with Crippen molar-refractivity contribution in [2.24, 2.45) is 11.3 Å². The number of rotatable bonds is 7. The SMILES string of the molecule is C=C[C@H]1C[C@]1(NC(=O)[C@@H]1C[C@@H]2CN1C(=O)[C@H](C(C)(C)C)NC(=O)OCCCCCc1cc(CC)c3ccnc(c3c1)O2)C(=O)NS(=O)(=O)C1CC1. The van der Waals surface area contributed by atoms with Gasteiger partial charge in [-0.3, -0.25) is 19.1 Å². The van der Waals surface area contributed by atoms with E-state index in [0.717, 1.165) is 47.6 Å². The van der Waals surface area contributed by atoms with Crippen LogP contribution in [-0.2, 0) is 42.0 Å². The number of hydrogen-bond donors (Lipinski definition) is 3. The van der Waals surface area contributed by atoms with Gasteiger partial charge in [-0.1, -0.05) is 39.8 Å². The quantitative estimate of drug-likeness (QED) is 0.361. The standard InChI is InChI=1S/C37H49N5O8S/c1-6-23-17-22-11-9-8-10-16-49-35(46)39-30(36(3,4)5)33(44)42-21-25(50-32-28(18-22)27(23)14-15-38-32)19-29(42)31(43)40-37(20-24(37)7-2)34(45)41-51(47,48)26-12-13-26/h7,14-15,17-18,24-26,29-30H,2,6,8-13,16,19-21H2,1,3-5H3,(H,39,46)(H,40,43)(H,41,45)/t24-,25+,29-,30+,37+/m0/s1. The predicted octanol–water partition coefficient (Wildman–Crippen LogP) is 3.68. The number of hydrogen-bond acceptors (Lipinski definition) is 9. The minimum absolute atomic E-state index is 0.00123. The van der Waals surface area contributed by atoms with Crippen molar-refractivity contribution in [3.63, 3.8) is 0 Å². The van der Waals surface area contributed by atoms with Crippen molar-refractivity contribution < 1.29 is 37.1 Å². The van der Waals surface area contributed by atoms with E-state index in [2.05, 4.69) is 46.0 Å². The van der Waals surface area contributed by atoms with Gasteiger partial charge < -0.3 is 25.0 Å². The molecular formula is C37H49N5O8S. The van der Waals surface area contributed by atoms with E-state index in [-0.39, 0.29) is 26.0 Å². The summed E-state index contributed by atoms with van der Waals surface area (Å²) in [7, 11) is -3.88. The number of amides is 4. The summed E-state index contributed by atoms with van der Waals surface area (Å²) in [5, 5.41) is 6.79. The van der Waals surface area contributed by atoms with Crippen LogP contribution in [0, 0.1) is 11.3 Å². The maximum atomic E-state index is 14.5. The van der Waals surface area contributed by atoms with Crippen LogP contribution in [0.15, 0.2) is 37.1 Å². The number of sulfonamides is 1. The Morgan fingerprint density at radius 2 is 1.92 bits per heavy atom. The molecule has 0 spiro atoms. The van der Waals surface area contributed by atoms with E-state index >= 15 is 0 Å². The molecule has 6 rings (SSSR count). The second-order valence-corrected chi connectivity index (χ2v) is 17.3. The molecule has 2 aromatic rings. The van der Waals surface area contributed by atoms with Crippen molar-refractivity contribution >= 4 is 44.6 Å². The minimum atomic E-state index is -3.88. The van der Waals surface area contributed by atoms with Crippen LogP contribution in [0.25, 0.3) is 10.8 Å². The number of pyridine rings is 1. The lowest BCUT2D eigenvalue weighted by Gasteiger charge is -2.35. The molecule has 4 aliphatic rings. The molecule has 0 unspecified atom stereocenters. The van der Waals surface area contributed by atoms with Crippen LogP contribution in [0.5, 0.6) is 5.88 Å². The van der Waals surface area contributed by atoms with Crippen LogP contribution in [0.1, 0.15) is 83.8 Å². The van der Waals surface area contributed by atoms with Gasteiger partial charge >= 0.3 is 6.09 Å². The maximum Gasteiger partial charge on any atom is 0.407 e. The van der Waals surface area contributed by atoms with Gasteiger partial charge in [0.15, 0.2) is 0 Å². The highest BCUT2D eigenvalue weighted by Crippen LogP contribution is 2.45. The van der Waals surface area contributed by atoms with Gasteiger partial charge in [0.25, 0.3) is 5.91 Å². The molecule has 1 saturated heterocycles. The van der Waals surface area contributed by atoms with Gasteiger partial charge in [-0.25, -0.2) is 18.2 Å². The highest BCUT2D eigenvalue weighted by molar-refractivity contribution is 7.91. The third-order valence-electron chi connectivity index (χ3n) is 10.5. The molecule has 3 fully saturated rings. The predicted molar refractivity (Wildman–Crippen MR) is 190 cm³/mol. The van der Waals surface area contributed by atoms with Crippen molar-refractivity contribution in [2.75, 3.05) is 13.2 Å². The molecule has 1 aromatic carbocycles. The van der Waals surface area contributed by atoms with Crippen LogP contribution in [-0.4, -0.2) is 84.2 Å². The number of carbonyl (C=O) groups is 4. The van der Waals surface area contributed by atoms with Gasteiger partial charge in [-0.05, 0) is 85.4 Å². The Morgan fingerprint density at radius 1 is 1.16 bits per heavy atom. The number of ether oxygens (including phenoxy) is 2. The van der Waals surface area contributed by atoms with Gasteiger partial charge in [0.05, 0.1) is 18.4 Å². The highest BCUT2D eigenvalue weighted by Gasteiger charge is 2.62. The number of benzene rings is 1. The molecule has 2 aliphatic carbocycles. The first-order valence-corrected chi connectivity index (χ1v) is 19.5. The van der Waals surface area contributed by atoms with Crippen molar-refractivity contribution in [2.45, 2.75) is 114 Å². The molecule has 4 amide bonds. The molecule has 3 heterocycles. The van der Waals surface area contributed by atoms with Crippen molar-refractivity contribution in [3.8, 4) is 5.88 Å². The van der Waals surface area contributed by atoms with Crippen molar-refractivity contribution in [3.05, 3.63) is 48.2 Å². The Bertz CT molecular complexity index is 1840. The first-order valence-electron chi connectivity index (χ1n) is 18.0. The van der Waals surface area contributed by atoms with Crippen LogP contribution in [0.3, 0.4) is 0 Å². The lowest BCUT2D eigenvalue weighted by molar-refractivity contribution is -0.142. The summed E-state index contributed by atoms with van der Waals surface area (Å²) in [5.41, 5.74) is -0.00906. The Morgan fingerprint density at radius 3 is 2.59 bits per heavy atom. The normalized spacial score (nSPS) is 27.4. The zero-order chi connectivity index (χ0) is 36.7. The number of nitrogens with zero attached hydrogens (tertiary/aromatic N) is 2. The lowest BCUT2D eigenvalue weighted by Crippen LogP contribution is -2.60. The second kappa shape index (κ2) is 14.1. The molecule has 4 bridgehead atoms. The van der Waals surface area contributed by atoms with E-state index in [1.807, 2.05) is 26.8 Å². The van der Waals surface area contributed by atoms with E-state index in [0.29, 0.717) is 25.1 Å². The number of fused-ring (bicyclic) bond motifs is 3. The van der Waals surface area contributed by atoms with Crippen LogP contribution in [0.4, 0.5) is 4.79 Å². The van der Waals surface area contributed by atoms with E-state index < -0.39 is 74.1 Å². The zero-order valence-corrected chi connectivity index (χ0v) is 30.6. The van der Waals surface area contributed by atoms with Crippen LogP contribution in [0.2, 0.25) is 0 Å². The fourth-order valence-corrected chi connectivity index (χ4v) is 8.60. The Kier molecular flexibility index (Phi) is 10.1. The third kappa shape index (κ3) is 7.70. The molecule has 3 N–H and O–H groups in total. The van der Waals surface area contributed by atoms with E-state index in [1.54, 1.807) is 6.20 Å². The molecule has 2 aliphatic heterocycles. The van der Waals surface area contributed by atoms with E-state index in [9.17, 15) is 27.6 Å². The average Bonchev–Trinajstić information content (AvgIpc) is 4.00. The average molecular weight is 724 g/mol. The number of cyclic esters (lactones) is 1. The summed E-state index contributed by atoms with van der Waals surface area (Å²) in [4.78, 5) is 61.1. The van der Waals surface area contributed by atoms with Gasteiger partial charge in [0, 0.05) is 23.9 Å². The van der Waals surface area contributed by atoms with E-state index in [1.165, 1.54) is 11.0 Å². The van der Waals surface area contributed by atoms with Crippen LogP contribution >= 0.6 is 0 Å². The summed E-state index contributed by atoms with van der Waals surface area (Å²) < 4.78 is 39.6. The number of aromatic nitrogens is 1. The smallest absolute Gasteiger partial charge is 0.407 e. The Labute approximate surface area is 299 Å². The fraction of sp³-hybridized carbons (Fsp3) is 0.595. The first kappa shape index (κ1) is 36.6. The molecule has 1 aromatic heterocycles. The Hall–Kier alpha value is -4.20. The third-order valence-corrected chi connectivity index (χ3v) is 12.3.